The third-order valence-corrected chi connectivity index (χ3v) is 9.57. The standard InChI is InChI=1S/C30H18N6O12S3.3ClH/c37-49(38,39)34-16-4-10-19-7-1-13-22(25(19)34)46-28-31-29(47-23-14-2-8-20-11-5-17-35(26(20)23)50(40,41)42)33-30(32-28)48-24-15-3-9-21-12-6-18-36(27(21)24)51(43,44)45;;;/h1-18H;3*1H. The van der Waals surface area contributed by atoms with Crippen LogP contribution in [0.2, 0.25) is 0 Å². The normalized spacial score (nSPS) is 11.6. The van der Waals surface area contributed by atoms with Crippen LogP contribution in [0.5, 0.6) is 35.3 Å². The van der Waals surface area contributed by atoms with Gasteiger partial charge >= 0.3 is 48.9 Å². The van der Waals surface area contributed by atoms with Gasteiger partial charge in [0.2, 0.25) is 17.2 Å². The molecule has 3 N–H and O–H groups in total. The summed E-state index contributed by atoms with van der Waals surface area (Å²) < 4.78 is 123. The summed E-state index contributed by atoms with van der Waals surface area (Å²) in [5.41, 5.74) is -0.335. The van der Waals surface area contributed by atoms with E-state index in [-0.39, 0.29) is 71.0 Å². The van der Waals surface area contributed by atoms with Crippen LogP contribution in [-0.2, 0) is 30.9 Å². The number of benzene rings is 3. The van der Waals surface area contributed by atoms with E-state index in [0.717, 1.165) is 18.6 Å². The summed E-state index contributed by atoms with van der Waals surface area (Å²) in [6.45, 7) is 0. The molecule has 0 amide bonds. The Labute approximate surface area is 324 Å². The van der Waals surface area contributed by atoms with Gasteiger partial charge in [-0.2, -0.15) is 0 Å². The van der Waals surface area contributed by atoms with Gasteiger partial charge in [0.15, 0.2) is 18.6 Å². The Bertz CT molecular complexity index is 2570. The lowest BCUT2D eigenvalue weighted by molar-refractivity contribution is -0.490. The van der Waals surface area contributed by atoms with Gasteiger partial charge in [-0.1, -0.05) is 30.1 Å². The molecule has 282 valence electrons. The van der Waals surface area contributed by atoms with E-state index < -0.39 is 48.9 Å². The highest BCUT2D eigenvalue weighted by Gasteiger charge is 2.30. The monoisotopic (exact) mass is 858 g/mol. The Hall–Kier alpha value is -5.10. The summed E-state index contributed by atoms with van der Waals surface area (Å²) >= 11 is 0. The Morgan fingerprint density at radius 2 is 0.648 bits per heavy atom. The summed E-state index contributed by atoms with van der Waals surface area (Å²) in [7, 11) is -14.5. The lowest BCUT2D eigenvalue weighted by Gasteiger charge is -2.11. The molecule has 0 atom stereocenters. The second-order valence-electron chi connectivity index (χ2n) is 10.4. The minimum Gasteiger partial charge on any atom is -1.00 e. The molecule has 0 unspecified atom stereocenters. The van der Waals surface area contributed by atoms with Gasteiger partial charge in [0.1, 0.15) is 0 Å². The fraction of sp³-hybridized carbons (Fsp3) is 0. The third-order valence-electron chi connectivity index (χ3n) is 7.17. The number of halogens is 3. The molecule has 3 aromatic carbocycles. The molecule has 0 spiro atoms. The Morgan fingerprint density at radius 3 is 0.889 bits per heavy atom. The quantitative estimate of drug-likeness (QED) is 0.0904. The van der Waals surface area contributed by atoms with Gasteiger partial charge in [-0.05, 0) is 54.6 Å². The van der Waals surface area contributed by atoms with Crippen molar-refractivity contribution in [3.63, 3.8) is 0 Å². The second-order valence-corrected chi connectivity index (χ2v) is 14.3. The molecular formula is C30H21Cl3N6O12S3. The highest BCUT2D eigenvalue weighted by Crippen LogP contribution is 2.33. The molecule has 0 fully saturated rings. The molecule has 0 saturated carbocycles. The third kappa shape index (κ3) is 8.33. The van der Waals surface area contributed by atoms with Crippen molar-refractivity contribution in [1.82, 2.24) is 15.0 Å². The first kappa shape index (κ1) is 41.7. The van der Waals surface area contributed by atoms with Crippen molar-refractivity contribution in [1.29, 1.82) is 0 Å². The van der Waals surface area contributed by atoms with Crippen molar-refractivity contribution in [2.45, 2.75) is 0 Å². The maximum atomic E-state index is 12.2. The SMILES string of the molecule is O=S(=O)(O)[n+]1cccc2cccc(Oc3nc(Oc4cccc5ccc[n+](S(=O)(=O)O)c45)nc(Oc4cccc5ccc[n+](S(=O)(=O)O)c45)n3)c21.[Cl-].[Cl-].[Cl-]. The number of para-hydroxylation sites is 3. The average Bonchev–Trinajstić information content (AvgIpc) is 3.06. The second kappa shape index (κ2) is 15.7. The lowest BCUT2D eigenvalue weighted by Crippen LogP contribution is -3.00. The predicted octanol–water partition coefficient (Wildman–Crippen LogP) is -6.46. The van der Waals surface area contributed by atoms with E-state index in [9.17, 15) is 38.9 Å². The highest BCUT2D eigenvalue weighted by molar-refractivity contribution is 7.79. The number of aromatic nitrogens is 6. The van der Waals surface area contributed by atoms with E-state index in [4.69, 9.17) is 14.2 Å². The van der Waals surface area contributed by atoms with Crippen LogP contribution in [-0.4, -0.2) is 53.9 Å². The average molecular weight is 860 g/mol. The predicted molar refractivity (Wildman–Crippen MR) is 173 cm³/mol. The molecule has 0 aliphatic carbocycles. The van der Waals surface area contributed by atoms with Crippen LogP contribution in [0.15, 0.2) is 110 Å². The summed E-state index contributed by atoms with van der Waals surface area (Å²) in [6.07, 6.45) is 3.24. The summed E-state index contributed by atoms with van der Waals surface area (Å²) in [5.74, 6) is -0.507. The summed E-state index contributed by atoms with van der Waals surface area (Å²) in [5, 5.41) is 0.974. The Balaban J connectivity index is 0.00000217. The van der Waals surface area contributed by atoms with Crippen LogP contribution in [0, 0.1) is 0 Å². The first-order valence-electron chi connectivity index (χ1n) is 14.2. The number of hydrogen-bond acceptors (Lipinski definition) is 12. The number of hydrogen-bond donors (Lipinski definition) is 3. The van der Waals surface area contributed by atoms with Gasteiger partial charge in [-0.25, -0.2) is 13.7 Å². The summed E-state index contributed by atoms with van der Waals surface area (Å²) in [4.78, 5) is 12.5. The van der Waals surface area contributed by atoms with Crippen LogP contribution in [0.25, 0.3) is 32.7 Å². The minimum absolute atomic E-state index is 0. The van der Waals surface area contributed by atoms with Crippen LogP contribution < -0.4 is 63.3 Å². The van der Waals surface area contributed by atoms with Gasteiger partial charge < -0.3 is 51.4 Å². The zero-order valence-corrected chi connectivity index (χ0v) is 31.2. The van der Waals surface area contributed by atoms with Gasteiger partial charge in [0.25, 0.3) is 16.6 Å². The molecule has 0 bridgehead atoms. The largest absolute Gasteiger partial charge is 1.00 e. The number of rotatable bonds is 9. The summed E-state index contributed by atoms with van der Waals surface area (Å²) in [6, 6.07) is 20.4. The van der Waals surface area contributed by atoms with Gasteiger partial charge in [-0.3, -0.25) is 0 Å². The lowest BCUT2D eigenvalue weighted by atomic mass is 10.2. The first-order valence-corrected chi connectivity index (χ1v) is 18.4. The fourth-order valence-corrected chi connectivity index (χ4v) is 7.15. The van der Waals surface area contributed by atoms with Crippen molar-refractivity contribution in [3.8, 4) is 35.3 Å². The Kier molecular flexibility index (Phi) is 12.1. The van der Waals surface area contributed by atoms with Crippen LogP contribution in [0.3, 0.4) is 0 Å². The number of fused-ring (bicyclic) bond motifs is 3. The van der Waals surface area contributed by atoms with E-state index in [1.54, 1.807) is 36.4 Å². The molecule has 18 nitrogen and oxygen atoms in total. The van der Waals surface area contributed by atoms with E-state index in [1.807, 2.05) is 0 Å². The maximum absolute atomic E-state index is 12.2. The molecular weight excluding hydrogens is 839 g/mol. The molecule has 4 aromatic heterocycles. The van der Waals surface area contributed by atoms with E-state index in [1.165, 1.54) is 54.6 Å². The molecule has 7 aromatic rings. The van der Waals surface area contributed by atoms with Gasteiger partial charge in [-0.15, -0.1) is 40.2 Å². The van der Waals surface area contributed by atoms with E-state index in [0.29, 0.717) is 28.1 Å². The topological polar surface area (TPSA) is 241 Å². The maximum Gasteiger partial charge on any atom is 0.512 e. The zero-order valence-electron chi connectivity index (χ0n) is 26.5. The van der Waals surface area contributed by atoms with Crippen LogP contribution in [0.1, 0.15) is 0 Å². The van der Waals surface area contributed by atoms with Gasteiger partial charge in [0, 0.05) is 18.2 Å². The zero-order chi connectivity index (χ0) is 36.1. The number of nitrogens with zero attached hydrogens (tertiary/aromatic N) is 6. The highest BCUT2D eigenvalue weighted by atomic mass is 35.5. The van der Waals surface area contributed by atoms with Crippen LogP contribution in [0.4, 0.5) is 0 Å². The molecule has 0 aliphatic rings. The first-order chi connectivity index (χ1) is 24.2. The number of ether oxygens (including phenoxy) is 3. The smallest absolute Gasteiger partial charge is 0.512 e. The Morgan fingerprint density at radius 1 is 0.407 bits per heavy atom. The molecule has 0 radical (unpaired) electrons. The van der Waals surface area contributed by atoms with Crippen LogP contribution >= 0.6 is 0 Å². The molecule has 24 heteroatoms. The molecule has 0 aliphatic heterocycles. The van der Waals surface area contributed by atoms with Crippen molar-refractivity contribution in [2.24, 2.45) is 0 Å². The number of pyridine rings is 3. The van der Waals surface area contributed by atoms with E-state index >= 15 is 0 Å². The minimum atomic E-state index is -4.83. The molecule has 54 heavy (non-hydrogen) atoms. The molecule has 4 heterocycles. The van der Waals surface area contributed by atoms with Crippen molar-refractivity contribution >= 4 is 63.6 Å². The van der Waals surface area contributed by atoms with Gasteiger partial charge in [0.05, 0.1) is 16.2 Å². The van der Waals surface area contributed by atoms with Crippen molar-refractivity contribution in [2.75, 3.05) is 0 Å². The van der Waals surface area contributed by atoms with Crippen molar-refractivity contribution in [3.05, 3.63) is 110 Å². The molecule has 0 saturated heterocycles. The van der Waals surface area contributed by atoms with E-state index in [2.05, 4.69) is 15.0 Å². The fourth-order valence-electron chi connectivity index (χ4n) is 5.20. The van der Waals surface area contributed by atoms with Crippen molar-refractivity contribution < 1.29 is 102 Å². The molecule has 7 rings (SSSR count).